The van der Waals surface area contributed by atoms with Crippen LogP contribution in [0.1, 0.15) is 56.3 Å². The number of carbonyl (C=O) groups excluding carboxylic acids is 2. The number of rotatable bonds is 5. The van der Waals surface area contributed by atoms with Crippen molar-refractivity contribution in [2.24, 2.45) is 11.5 Å². The maximum atomic E-state index is 12.6. The third kappa shape index (κ3) is 4.16. The number of aliphatic hydroxyl groups is 1. The Kier molecular flexibility index (Phi) is 6.74. The van der Waals surface area contributed by atoms with Gasteiger partial charge in [0.25, 0.3) is 11.8 Å². The van der Waals surface area contributed by atoms with Crippen LogP contribution in [0.15, 0.2) is 36.4 Å². The van der Waals surface area contributed by atoms with Crippen LogP contribution in [-0.2, 0) is 18.3 Å². The Morgan fingerprint density at radius 3 is 1.62 bits per heavy atom. The van der Waals surface area contributed by atoms with Crippen LogP contribution >= 0.6 is 0 Å². The van der Waals surface area contributed by atoms with E-state index in [1.165, 1.54) is 0 Å². The van der Waals surface area contributed by atoms with E-state index in [-0.39, 0.29) is 17.9 Å². The number of benzene rings is 2. The number of nitrogens with two attached hydrogens (primary N) is 2. The summed E-state index contributed by atoms with van der Waals surface area (Å²) in [6.45, 7) is 1.89. The molecule has 0 bridgehead atoms. The Labute approximate surface area is 190 Å². The van der Waals surface area contributed by atoms with Gasteiger partial charge in [0, 0.05) is 45.4 Å². The first-order chi connectivity index (χ1) is 15.0. The van der Waals surface area contributed by atoms with Gasteiger partial charge in [-0.05, 0) is 72.7 Å². The zero-order valence-electron chi connectivity index (χ0n) is 19.6. The standard InChI is InChI=1S/C25H34N4O3/c1-15(26)14-25(24(27)32)20-10-8-18(22(30)28(2)3)12-16(20)6-7-17-13-19(9-11-21(17)25)23(31)29(4)5/h8-13,15,24,32H,6-7,14,26-27H2,1-5H3/t15-,24?/m0/s1. The number of aliphatic hydroxyl groups excluding tert-OH is 1. The highest BCUT2D eigenvalue weighted by molar-refractivity contribution is 5.95. The summed E-state index contributed by atoms with van der Waals surface area (Å²) in [5.41, 5.74) is 16.5. The summed E-state index contributed by atoms with van der Waals surface area (Å²) in [7, 11) is 6.88. The van der Waals surface area contributed by atoms with Gasteiger partial charge in [-0.2, -0.15) is 0 Å². The van der Waals surface area contributed by atoms with Crippen molar-refractivity contribution >= 4 is 11.8 Å². The quantitative estimate of drug-likeness (QED) is 0.612. The average Bonchev–Trinajstić information content (AvgIpc) is 2.87. The first-order valence-electron chi connectivity index (χ1n) is 10.9. The molecule has 7 heteroatoms. The molecular weight excluding hydrogens is 404 g/mol. The lowest BCUT2D eigenvalue weighted by atomic mass is 9.67. The van der Waals surface area contributed by atoms with Gasteiger partial charge in [0.15, 0.2) is 0 Å². The highest BCUT2D eigenvalue weighted by atomic mass is 16.3. The molecule has 0 saturated heterocycles. The Balaban J connectivity index is 2.27. The van der Waals surface area contributed by atoms with Crippen molar-refractivity contribution in [1.82, 2.24) is 9.80 Å². The molecule has 1 unspecified atom stereocenters. The SMILES string of the molecule is C[C@H](N)CC1(C(N)O)c2ccc(C(=O)N(C)C)cc2CCc2cc(C(=O)N(C)C)ccc21. The topological polar surface area (TPSA) is 113 Å². The molecule has 32 heavy (non-hydrogen) atoms. The maximum Gasteiger partial charge on any atom is 0.253 e. The highest BCUT2D eigenvalue weighted by Crippen LogP contribution is 2.45. The molecule has 0 radical (unpaired) electrons. The lowest BCUT2D eigenvalue weighted by Crippen LogP contribution is -2.50. The molecule has 172 valence electrons. The van der Waals surface area contributed by atoms with Crippen LogP contribution in [0.3, 0.4) is 0 Å². The molecule has 0 fully saturated rings. The number of amides is 2. The van der Waals surface area contributed by atoms with Gasteiger partial charge in [0.1, 0.15) is 6.23 Å². The fraction of sp³-hybridized carbons (Fsp3) is 0.440. The predicted molar refractivity (Wildman–Crippen MR) is 126 cm³/mol. The van der Waals surface area contributed by atoms with Crippen molar-refractivity contribution in [3.63, 3.8) is 0 Å². The molecule has 5 N–H and O–H groups in total. The second-order valence-electron chi connectivity index (χ2n) is 9.24. The molecule has 1 aliphatic carbocycles. The number of aryl methyl sites for hydroxylation is 2. The predicted octanol–water partition coefficient (Wildman–Crippen LogP) is 1.49. The van der Waals surface area contributed by atoms with E-state index >= 15 is 0 Å². The van der Waals surface area contributed by atoms with Gasteiger partial charge in [0.2, 0.25) is 0 Å². The molecule has 2 amide bonds. The van der Waals surface area contributed by atoms with E-state index in [1.807, 2.05) is 31.2 Å². The summed E-state index contributed by atoms with van der Waals surface area (Å²) in [5.74, 6) is -0.168. The van der Waals surface area contributed by atoms with Crippen molar-refractivity contribution in [2.75, 3.05) is 28.2 Å². The monoisotopic (exact) mass is 438 g/mol. The fourth-order valence-corrected chi connectivity index (χ4v) is 4.84. The van der Waals surface area contributed by atoms with Crippen molar-refractivity contribution in [3.05, 3.63) is 69.8 Å². The van der Waals surface area contributed by atoms with Crippen LogP contribution in [0, 0.1) is 0 Å². The maximum absolute atomic E-state index is 12.6. The minimum Gasteiger partial charge on any atom is -0.378 e. The molecule has 2 aromatic carbocycles. The van der Waals surface area contributed by atoms with E-state index in [0.29, 0.717) is 30.4 Å². The van der Waals surface area contributed by atoms with Crippen LogP contribution < -0.4 is 11.5 Å². The van der Waals surface area contributed by atoms with E-state index < -0.39 is 11.6 Å². The van der Waals surface area contributed by atoms with Crippen molar-refractivity contribution in [1.29, 1.82) is 0 Å². The van der Waals surface area contributed by atoms with E-state index in [9.17, 15) is 14.7 Å². The minimum atomic E-state index is -1.21. The Bertz CT molecular complexity index is 956. The van der Waals surface area contributed by atoms with Crippen molar-refractivity contribution in [2.45, 2.75) is 43.9 Å². The first kappa shape index (κ1) is 23.9. The molecular formula is C25H34N4O3. The Morgan fingerprint density at radius 1 is 0.906 bits per heavy atom. The van der Waals surface area contributed by atoms with Crippen LogP contribution in [0.2, 0.25) is 0 Å². The molecule has 0 aromatic heterocycles. The smallest absolute Gasteiger partial charge is 0.253 e. The van der Waals surface area contributed by atoms with Crippen molar-refractivity contribution in [3.8, 4) is 0 Å². The van der Waals surface area contributed by atoms with E-state index in [4.69, 9.17) is 11.5 Å². The number of fused-ring (bicyclic) bond motifs is 2. The summed E-state index contributed by atoms with van der Waals surface area (Å²) in [4.78, 5) is 28.2. The number of nitrogens with zero attached hydrogens (tertiary/aromatic N) is 2. The largest absolute Gasteiger partial charge is 0.378 e. The van der Waals surface area contributed by atoms with Gasteiger partial charge >= 0.3 is 0 Å². The molecule has 0 saturated carbocycles. The minimum absolute atomic E-state index is 0.0838. The van der Waals surface area contributed by atoms with Gasteiger partial charge < -0.3 is 26.4 Å². The highest BCUT2D eigenvalue weighted by Gasteiger charge is 2.44. The Morgan fingerprint density at radius 2 is 1.31 bits per heavy atom. The van der Waals surface area contributed by atoms with Crippen LogP contribution in [-0.4, -0.2) is 67.2 Å². The number of hydrogen-bond donors (Lipinski definition) is 3. The normalized spacial score (nSPS) is 16.2. The van der Waals surface area contributed by atoms with Gasteiger partial charge in [-0.25, -0.2) is 0 Å². The fourth-order valence-electron chi connectivity index (χ4n) is 4.84. The molecule has 0 spiro atoms. The number of hydrogen-bond acceptors (Lipinski definition) is 5. The van der Waals surface area contributed by atoms with Gasteiger partial charge in [-0.15, -0.1) is 0 Å². The zero-order chi connectivity index (χ0) is 23.8. The van der Waals surface area contributed by atoms with E-state index in [0.717, 1.165) is 22.3 Å². The second kappa shape index (κ2) is 9.02. The summed E-state index contributed by atoms with van der Waals surface area (Å²) < 4.78 is 0. The lowest BCUT2D eigenvalue weighted by molar-refractivity contribution is 0.0820. The molecule has 2 aromatic rings. The molecule has 1 aliphatic rings. The van der Waals surface area contributed by atoms with Gasteiger partial charge in [-0.3, -0.25) is 9.59 Å². The number of carbonyl (C=O) groups is 2. The van der Waals surface area contributed by atoms with Crippen molar-refractivity contribution < 1.29 is 14.7 Å². The molecule has 7 nitrogen and oxygen atoms in total. The lowest BCUT2D eigenvalue weighted by Gasteiger charge is -2.40. The second-order valence-corrected chi connectivity index (χ2v) is 9.24. The molecule has 2 atom stereocenters. The third-order valence-corrected chi connectivity index (χ3v) is 6.29. The average molecular weight is 439 g/mol. The summed E-state index contributed by atoms with van der Waals surface area (Å²) in [6.07, 6.45) is 0.523. The molecule has 0 aliphatic heterocycles. The summed E-state index contributed by atoms with van der Waals surface area (Å²) >= 11 is 0. The van der Waals surface area contributed by atoms with Gasteiger partial charge in [-0.1, -0.05) is 12.1 Å². The van der Waals surface area contributed by atoms with E-state index in [1.54, 1.807) is 50.1 Å². The summed E-state index contributed by atoms with van der Waals surface area (Å²) in [5, 5.41) is 11.0. The van der Waals surface area contributed by atoms with Crippen LogP contribution in [0.4, 0.5) is 0 Å². The Hall–Kier alpha value is -2.74. The summed E-state index contributed by atoms with van der Waals surface area (Å²) in [6, 6.07) is 10.9. The molecule has 0 heterocycles. The van der Waals surface area contributed by atoms with Crippen LogP contribution in [0.25, 0.3) is 0 Å². The van der Waals surface area contributed by atoms with E-state index in [2.05, 4.69) is 0 Å². The van der Waals surface area contributed by atoms with Gasteiger partial charge in [0.05, 0.1) is 5.41 Å². The van der Waals surface area contributed by atoms with Crippen LogP contribution in [0.5, 0.6) is 0 Å². The third-order valence-electron chi connectivity index (χ3n) is 6.29. The zero-order valence-corrected chi connectivity index (χ0v) is 19.6. The first-order valence-corrected chi connectivity index (χ1v) is 10.9. The molecule has 3 rings (SSSR count).